The molecule has 0 aliphatic carbocycles. The molecule has 0 bridgehead atoms. The molecule has 1 aromatic heterocycles. The zero-order valence-electron chi connectivity index (χ0n) is 15.3. The van der Waals surface area contributed by atoms with Crippen molar-refractivity contribution >= 4 is 23.6 Å². The first-order valence-corrected chi connectivity index (χ1v) is 8.02. The Morgan fingerprint density at radius 2 is 2.12 bits per heavy atom. The summed E-state index contributed by atoms with van der Waals surface area (Å²) in [6.07, 6.45) is 4.75. The van der Waals surface area contributed by atoms with E-state index in [1.54, 1.807) is 20.2 Å². The van der Waals surface area contributed by atoms with Gasteiger partial charge in [0.25, 0.3) is 0 Å². The predicted octanol–water partition coefficient (Wildman–Crippen LogP) is 3.52. The largest absolute Gasteiger partial charge is 0.351 e. The topological polar surface area (TPSA) is 92.7 Å². The highest BCUT2D eigenvalue weighted by atomic mass is 16.2. The lowest BCUT2D eigenvalue weighted by molar-refractivity contribution is 0.251. The number of nitrogens with two attached hydrogens (primary N) is 1. The third kappa shape index (κ3) is 5.30. The molecule has 0 aliphatic rings. The number of carbonyl (C=O) groups excluding carboxylic acids is 1. The number of hydrogen-bond donors (Lipinski definition) is 2. The van der Waals surface area contributed by atoms with Crippen LogP contribution < -0.4 is 11.1 Å². The Morgan fingerprint density at radius 3 is 2.67 bits per heavy atom. The third-order valence-electron chi connectivity index (χ3n) is 3.90. The normalized spacial score (nSPS) is 14.5. The molecule has 1 aromatic rings. The Kier molecular flexibility index (Phi) is 7.30. The molecule has 0 saturated carbocycles. The molecular weight excluding hydrogens is 302 g/mol. The van der Waals surface area contributed by atoms with Gasteiger partial charge in [-0.3, -0.25) is 15.0 Å². The molecule has 1 heterocycles. The van der Waals surface area contributed by atoms with Gasteiger partial charge >= 0.3 is 6.03 Å². The Bertz CT molecular complexity index is 689. The van der Waals surface area contributed by atoms with Crippen LogP contribution in [0.5, 0.6) is 0 Å². The molecule has 0 radical (unpaired) electrons. The van der Waals surface area contributed by atoms with Crippen molar-refractivity contribution < 1.29 is 4.79 Å². The van der Waals surface area contributed by atoms with Crippen molar-refractivity contribution in [1.29, 1.82) is 0 Å². The smallest absolute Gasteiger partial charge is 0.316 e. The number of primary amides is 1. The third-order valence-corrected chi connectivity index (χ3v) is 3.90. The molecule has 24 heavy (non-hydrogen) atoms. The fraction of sp³-hybridized carbons (Fsp3) is 0.444. The summed E-state index contributed by atoms with van der Waals surface area (Å²) in [5.74, 6) is 0.413. The zero-order chi connectivity index (χ0) is 18.3. The number of aromatic nitrogens is 1. The van der Waals surface area contributed by atoms with Gasteiger partial charge in [-0.05, 0) is 44.7 Å². The lowest BCUT2D eigenvalue weighted by Crippen LogP contribution is -2.29. The molecule has 0 aromatic carbocycles. The molecule has 0 spiro atoms. The number of hydrogen-bond acceptors (Lipinski definition) is 4. The maximum atomic E-state index is 11.0. The number of amides is 2. The van der Waals surface area contributed by atoms with Crippen LogP contribution in [0.15, 0.2) is 33.5 Å². The first-order valence-electron chi connectivity index (χ1n) is 8.02. The number of nitrogens with one attached hydrogen (secondary N) is 1. The first-order chi connectivity index (χ1) is 11.3. The molecule has 0 saturated heterocycles. The van der Waals surface area contributed by atoms with E-state index >= 15 is 0 Å². The molecule has 0 fully saturated rings. The molecule has 130 valence electrons. The number of pyridine rings is 1. The van der Waals surface area contributed by atoms with Crippen molar-refractivity contribution in [2.45, 2.75) is 41.0 Å². The van der Waals surface area contributed by atoms with Crippen molar-refractivity contribution in [2.24, 2.45) is 21.6 Å². The van der Waals surface area contributed by atoms with Crippen LogP contribution in [-0.4, -0.2) is 30.0 Å². The number of rotatable bonds is 6. The molecule has 1 atom stereocenters. The minimum Gasteiger partial charge on any atom is -0.351 e. The zero-order valence-corrected chi connectivity index (χ0v) is 15.3. The number of nitrogens with zero attached hydrogens (tertiary/aromatic N) is 3. The second-order valence-electron chi connectivity index (χ2n) is 5.80. The van der Waals surface area contributed by atoms with E-state index in [1.165, 1.54) is 0 Å². The van der Waals surface area contributed by atoms with E-state index in [9.17, 15) is 4.79 Å². The summed E-state index contributed by atoms with van der Waals surface area (Å²) in [7, 11) is 1.71. The summed E-state index contributed by atoms with van der Waals surface area (Å²) >= 11 is 0. The Morgan fingerprint density at radius 1 is 1.46 bits per heavy atom. The van der Waals surface area contributed by atoms with Gasteiger partial charge in [-0.1, -0.05) is 13.8 Å². The van der Waals surface area contributed by atoms with Crippen LogP contribution in [0.2, 0.25) is 0 Å². The molecule has 1 rings (SSSR count). The van der Waals surface area contributed by atoms with E-state index in [2.05, 4.69) is 34.1 Å². The van der Waals surface area contributed by atoms with Crippen LogP contribution in [-0.2, 0) is 0 Å². The van der Waals surface area contributed by atoms with Crippen LogP contribution in [0, 0.1) is 12.8 Å². The van der Waals surface area contributed by atoms with Gasteiger partial charge in [0, 0.05) is 30.7 Å². The van der Waals surface area contributed by atoms with Crippen LogP contribution in [0.3, 0.4) is 0 Å². The number of aryl methyl sites for hydroxylation is 1. The maximum absolute atomic E-state index is 11.0. The lowest BCUT2D eigenvalue weighted by atomic mass is 10.0. The monoisotopic (exact) mass is 329 g/mol. The maximum Gasteiger partial charge on any atom is 0.316 e. The average Bonchev–Trinajstić information content (AvgIpc) is 2.54. The van der Waals surface area contributed by atoms with Crippen molar-refractivity contribution in [1.82, 2.24) is 10.3 Å². The predicted molar refractivity (Wildman–Crippen MR) is 100 cm³/mol. The molecule has 1 unspecified atom stereocenters. The van der Waals surface area contributed by atoms with Gasteiger partial charge in [0.1, 0.15) is 0 Å². The minimum atomic E-state index is -0.594. The van der Waals surface area contributed by atoms with Crippen molar-refractivity contribution in [3.05, 3.63) is 34.8 Å². The summed E-state index contributed by atoms with van der Waals surface area (Å²) < 4.78 is 0. The second-order valence-corrected chi connectivity index (χ2v) is 5.80. The summed E-state index contributed by atoms with van der Waals surface area (Å²) in [4.78, 5) is 24.4. The van der Waals surface area contributed by atoms with E-state index < -0.39 is 6.03 Å². The standard InChI is InChI=1S/C18H27N5O/c1-7-11(2)9-22-16-8-15(10-21-14(16)5)17(20-6)12(3)13(4)23-18(19)24/h8-11H,7H2,1-6H3,(H3,19,23,24)/b13-12+,20-17?,22-9?. The van der Waals surface area contributed by atoms with E-state index in [-0.39, 0.29) is 0 Å². The summed E-state index contributed by atoms with van der Waals surface area (Å²) in [5, 5.41) is 2.59. The van der Waals surface area contributed by atoms with Crippen LogP contribution >= 0.6 is 0 Å². The fourth-order valence-corrected chi connectivity index (χ4v) is 2.06. The van der Waals surface area contributed by atoms with Crippen molar-refractivity contribution in [3.63, 3.8) is 0 Å². The molecular formula is C18H27N5O. The number of urea groups is 1. The highest BCUT2D eigenvalue weighted by Crippen LogP contribution is 2.21. The van der Waals surface area contributed by atoms with E-state index in [0.29, 0.717) is 11.6 Å². The summed E-state index contributed by atoms with van der Waals surface area (Å²) in [5.41, 5.74) is 9.95. The van der Waals surface area contributed by atoms with Gasteiger partial charge in [0.2, 0.25) is 0 Å². The quantitative estimate of drug-likeness (QED) is 0.781. The minimum absolute atomic E-state index is 0.413. The van der Waals surface area contributed by atoms with E-state index in [0.717, 1.165) is 34.7 Å². The SMILES string of the molecule is CCC(C)C=Nc1cc(C(=NC)/C(C)=C(\C)NC(N)=O)cnc1C. The van der Waals surface area contributed by atoms with Gasteiger partial charge in [0.15, 0.2) is 0 Å². The fourth-order valence-electron chi connectivity index (χ4n) is 2.06. The van der Waals surface area contributed by atoms with Gasteiger partial charge in [-0.25, -0.2) is 4.79 Å². The molecule has 0 aliphatic heterocycles. The highest BCUT2D eigenvalue weighted by Gasteiger charge is 2.12. The number of allylic oxidation sites excluding steroid dienone is 2. The van der Waals surface area contributed by atoms with Gasteiger partial charge in [0.05, 0.1) is 17.1 Å². The van der Waals surface area contributed by atoms with Gasteiger partial charge < -0.3 is 11.1 Å². The Hall–Kier alpha value is -2.50. The highest BCUT2D eigenvalue weighted by molar-refractivity contribution is 6.13. The first kappa shape index (κ1) is 19.5. The second kappa shape index (κ2) is 8.96. The van der Waals surface area contributed by atoms with Crippen molar-refractivity contribution in [2.75, 3.05) is 7.05 Å². The molecule has 6 heteroatoms. The van der Waals surface area contributed by atoms with E-state index in [4.69, 9.17) is 5.73 Å². The Balaban J connectivity index is 3.25. The lowest BCUT2D eigenvalue weighted by Gasteiger charge is -2.12. The summed E-state index contributed by atoms with van der Waals surface area (Å²) in [6, 6.07) is 1.37. The molecule has 6 nitrogen and oxygen atoms in total. The van der Waals surface area contributed by atoms with Crippen LogP contribution in [0.25, 0.3) is 0 Å². The summed E-state index contributed by atoms with van der Waals surface area (Å²) in [6.45, 7) is 9.85. The van der Waals surface area contributed by atoms with Crippen LogP contribution in [0.4, 0.5) is 10.5 Å². The molecule has 3 N–H and O–H groups in total. The Labute approximate surface area is 144 Å². The van der Waals surface area contributed by atoms with Gasteiger partial charge in [-0.2, -0.15) is 0 Å². The number of aliphatic imine (C=N–C) groups is 2. The molecule has 2 amide bonds. The van der Waals surface area contributed by atoms with Gasteiger partial charge in [-0.15, -0.1) is 0 Å². The van der Waals surface area contributed by atoms with Crippen molar-refractivity contribution in [3.8, 4) is 0 Å². The number of carbonyl (C=O) groups is 1. The average molecular weight is 329 g/mol. The van der Waals surface area contributed by atoms with E-state index in [1.807, 2.05) is 26.1 Å². The van der Waals surface area contributed by atoms with Crippen LogP contribution in [0.1, 0.15) is 45.4 Å².